The average Bonchev–Trinajstić information content (AvgIpc) is 3.29. The number of aromatic nitrogens is 4. The maximum absolute atomic E-state index is 14.0. The van der Waals surface area contributed by atoms with Gasteiger partial charge in [0.15, 0.2) is 23.1 Å². The molecule has 0 amide bonds. The van der Waals surface area contributed by atoms with Crippen molar-refractivity contribution in [2.45, 2.75) is 6.61 Å². The topological polar surface area (TPSA) is 119 Å². The van der Waals surface area contributed by atoms with Crippen molar-refractivity contribution in [3.8, 4) is 17.2 Å². The van der Waals surface area contributed by atoms with Crippen molar-refractivity contribution in [2.24, 2.45) is 0 Å². The Morgan fingerprint density at radius 3 is 2.75 bits per heavy atom. The third-order valence-corrected chi connectivity index (χ3v) is 5.82. The number of methoxy groups -OCH3 is 2. The molecule has 5 aromatic rings. The molecular formula is C25H18ClFN4O5. The Balaban J connectivity index is 1.55. The maximum Gasteiger partial charge on any atom is 0.272 e. The minimum atomic E-state index is -0.573. The summed E-state index contributed by atoms with van der Waals surface area (Å²) in [5.74, 6) is -0.567. The second-order valence-electron chi connectivity index (χ2n) is 7.74. The monoisotopic (exact) mass is 508 g/mol. The van der Waals surface area contributed by atoms with Gasteiger partial charge in [0.2, 0.25) is 0 Å². The van der Waals surface area contributed by atoms with Gasteiger partial charge < -0.3 is 24.2 Å². The number of aromatic amines is 2. The standard InChI is InChI=1S/C25H18ClFN4O5/c1-34-11-18-25(33)31-17-10-29-24-20(21(17)30-18)14(9-28-24)22(32)13-7-6-12(8-15(13)26)36-19-5-3-4-16(27)23(19)35-2/h3-10H,11H2,1-2H3,(H,28,29)(H,31,33). The number of nitrogens with one attached hydrogen (secondary N) is 2. The van der Waals surface area contributed by atoms with Gasteiger partial charge in [-0.25, -0.2) is 14.4 Å². The van der Waals surface area contributed by atoms with Crippen LogP contribution in [-0.2, 0) is 11.3 Å². The van der Waals surface area contributed by atoms with E-state index in [1.165, 1.54) is 50.9 Å². The normalized spacial score (nSPS) is 11.2. The van der Waals surface area contributed by atoms with Crippen LogP contribution < -0.4 is 15.0 Å². The molecule has 5 rings (SSSR count). The zero-order chi connectivity index (χ0) is 25.4. The Morgan fingerprint density at radius 2 is 2.00 bits per heavy atom. The van der Waals surface area contributed by atoms with Crippen molar-refractivity contribution in [3.63, 3.8) is 0 Å². The van der Waals surface area contributed by atoms with E-state index >= 15 is 0 Å². The van der Waals surface area contributed by atoms with Gasteiger partial charge in [-0.05, 0) is 24.3 Å². The Bertz CT molecular complexity index is 1700. The predicted octanol–water partition coefficient (Wildman–Crippen LogP) is 4.77. The van der Waals surface area contributed by atoms with Gasteiger partial charge in [-0.2, -0.15) is 0 Å². The number of carbonyl (C=O) groups is 1. The number of rotatable bonds is 7. The number of benzene rings is 2. The second-order valence-corrected chi connectivity index (χ2v) is 8.14. The van der Waals surface area contributed by atoms with Crippen LogP contribution in [0, 0.1) is 5.82 Å². The molecule has 0 spiro atoms. The SMILES string of the molecule is COCc1nc2c(cnc3[nH]cc(C(=O)c4ccc(Oc5cccc(F)c5OC)cc4Cl)c32)[nH]c1=O. The largest absolute Gasteiger partial charge is 0.490 e. The van der Waals surface area contributed by atoms with Gasteiger partial charge in [0.05, 0.1) is 41.4 Å². The van der Waals surface area contributed by atoms with Gasteiger partial charge in [0.25, 0.3) is 5.56 Å². The molecule has 9 nitrogen and oxygen atoms in total. The smallest absolute Gasteiger partial charge is 0.272 e. The van der Waals surface area contributed by atoms with Gasteiger partial charge in [0.1, 0.15) is 22.6 Å². The molecule has 0 unspecified atom stereocenters. The van der Waals surface area contributed by atoms with Gasteiger partial charge in [0, 0.05) is 24.9 Å². The highest BCUT2D eigenvalue weighted by molar-refractivity contribution is 6.36. The predicted molar refractivity (Wildman–Crippen MR) is 131 cm³/mol. The highest BCUT2D eigenvalue weighted by Crippen LogP contribution is 2.36. The summed E-state index contributed by atoms with van der Waals surface area (Å²) in [5, 5.41) is 0.559. The number of fused-ring (bicyclic) bond motifs is 3. The lowest BCUT2D eigenvalue weighted by atomic mass is 10.0. The fourth-order valence-corrected chi connectivity index (χ4v) is 4.12. The zero-order valence-electron chi connectivity index (χ0n) is 19.0. The van der Waals surface area contributed by atoms with Crippen molar-refractivity contribution in [3.05, 3.63) is 86.8 Å². The van der Waals surface area contributed by atoms with Gasteiger partial charge in [-0.15, -0.1) is 0 Å². The number of para-hydroxylation sites is 1. The first kappa shape index (κ1) is 23.5. The summed E-state index contributed by atoms with van der Waals surface area (Å²) in [6.07, 6.45) is 2.98. The number of carbonyl (C=O) groups excluding carboxylic acids is 1. The number of hydrogen-bond donors (Lipinski definition) is 2. The lowest BCUT2D eigenvalue weighted by Gasteiger charge is -2.12. The van der Waals surface area contributed by atoms with Crippen LogP contribution in [-0.4, -0.2) is 39.9 Å². The van der Waals surface area contributed by atoms with Crippen LogP contribution in [0.1, 0.15) is 21.6 Å². The molecule has 0 saturated carbocycles. The van der Waals surface area contributed by atoms with Crippen molar-refractivity contribution in [2.75, 3.05) is 14.2 Å². The van der Waals surface area contributed by atoms with Gasteiger partial charge >= 0.3 is 0 Å². The van der Waals surface area contributed by atoms with E-state index in [1.807, 2.05) is 0 Å². The molecule has 11 heteroatoms. The number of H-pyrrole nitrogens is 2. The molecule has 0 aliphatic heterocycles. The van der Waals surface area contributed by atoms with E-state index in [2.05, 4.69) is 19.9 Å². The molecule has 36 heavy (non-hydrogen) atoms. The fourth-order valence-electron chi connectivity index (χ4n) is 3.86. The molecule has 0 bridgehead atoms. The molecule has 2 N–H and O–H groups in total. The molecule has 0 atom stereocenters. The van der Waals surface area contributed by atoms with Gasteiger partial charge in [-0.1, -0.05) is 17.7 Å². The highest BCUT2D eigenvalue weighted by atomic mass is 35.5. The lowest BCUT2D eigenvalue weighted by Crippen LogP contribution is -2.16. The van der Waals surface area contributed by atoms with Crippen molar-refractivity contribution >= 4 is 39.5 Å². The first-order valence-electron chi connectivity index (χ1n) is 10.6. The molecular weight excluding hydrogens is 491 g/mol. The van der Waals surface area contributed by atoms with E-state index in [0.717, 1.165) is 0 Å². The lowest BCUT2D eigenvalue weighted by molar-refractivity contribution is 0.104. The molecule has 0 saturated heterocycles. The van der Waals surface area contributed by atoms with Crippen molar-refractivity contribution < 1.29 is 23.4 Å². The number of hydrogen-bond acceptors (Lipinski definition) is 7. The van der Waals surface area contributed by atoms with Crippen LogP contribution >= 0.6 is 11.6 Å². The van der Waals surface area contributed by atoms with E-state index in [4.69, 9.17) is 25.8 Å². The number of ketones is 1. The second kappa shape index (κ2) is 9.40. The Labute approximate surface area is 207 Å². The maximum atomic E-state index is 14.0. The van der Waals surface area contributed by atoms with Crippen molar-refractivity contribution in [1.82, 2.24) is 19.9 Å². The minimum Gasteiger partial charge on any atom is -0.490 e. The number of halogens is 2. The summed E-state index contributed by atoms with van der Waals surface area (Å²) in [4.78, 5) is 40.2. The number of pyridine rings is 1. The highest BCUT2D eigenvalue weighted by Gasteiger charge is 2.22. The molecule has 0 aliphatic rings. The van der Waals surface area contributed by atoms with E-state index in [0.29, 0.717) is 22.1 Å². The Kier molecular flexibility index (Phi) is 6.13. The van der Waals surface area contributed by atoms with Crippen LogP contribution in [0.5, 0.6) is 17.2 Å². The quantitative estimate of drug-likeness (QED) is 0.304. The fraction of sp³-hybridized carbons (Fsp3) is 0.120. The molecule has 2 aromatic carbocycles. The van der Waals surface area contributed by atoms with Gasteiger partial charge in [-0.3, -0.25) is 9.59 Å². The van der Waals surface area contributed by atoms with E-state index < -0.39 is 17.2 Å². The van der Waals surface area contributed by atoms with Crippen LogP contribution in [0.25, 0.3) is 22.1 Å². The van der Waals surface area contributed by atoms with Crippen molar-refractivity contribution in [1.29, 1.82) is 0 Å². The average molecular weight is 509 g/mol. The molecule has 0 fully saturated rings. The Hall–Kier alpha value is -4.28. The van der Waals surface area contributed by atoms with E-state index in [9.17, 15) is 14.0 Å². The molecule has 3 heterocycles. The summed E-state index contributed by atoms with van der Waals surface area (Å²) < 4.78 is 29.8. The summed E-state index contributed by atoms with van der Waals surface area (Å²) in [6, 6.07) is 8.80. The van der Waals surface area contributed by atoms with Crippen LogP contribution in [0.4, 0.5) is 4.39 Å². The molecule has 182 valence electrons. The Morgan fingerprint density at radius 1 is 1.17 bits per heavy atom. The van der Waals surface area contributed by atoms with E-state index in [1.54, 1.807) is 12.1 Å². The number of ether oxygens (including phenoxy) is 3. The van der Waals surface area contributed by atoms with Crippen LogP contribution in [0.2, 0.25) is 5.02 Å². The third-order valence-electron chi connectivity index (χ3n) is 5.50. The molecule has 0 radical (unpaired) electrons. The zero-order valence-corrected chi connectivity index (χ0v) is 19.8. The number of nitrogens with zero attached hydrogens (tertiary/aromatic N) is 2. The minimum absolute atomic E-state index is 0.00613. The third kappa shape index (κ3) is 4.06. The summed E-state index contributed by atoms with van der Waals surface area (Å²) >= 11 is 6.46. The van der Waals surface area contributed by atoms with E-state index in [-0.39, 0.29) is 45.7 Å². The van der Waals surface area contributed by atoms with Crippen LogP contribution in [0.3, 0.4) is 0 Å². The summed E-state index contributed by atoms with van der Waals surface area (Å²) in [5.41, 5.74) is 1.43. The van der Waals surface area contributed by atoms with Crippen LogP contribution in [0.15, 0.2) is 53.6 Å². The molecule has 3 aromatic heterocycles. The first-order chi connectivity index (χ1) is 17.4. The summed E-state index contributed by atoms with van der Waals surface area (Å²) in [6.45, 7) is 0.00613. The molecule has 0 aliphatic carbocycles. The summed E-state index contributed by atoms with van der Waals surface area (Å²) in [7, 11) is 2.79. The first-order valence-corrected chi connectivity index (χ1v) is 11.0.